The quantitative estimate of drug-likeness (QED) is 0.0708. The second kappa shape index (κ2) is 19.7. The Bertz CT molecular complexity index is 2160. The van der Waals surface area contributed by atoms with Crippen molar-refractivity contribution in [2.24, 2.45) is 5.41 Å². The van der Waals surface area contributed by atoms with E-state index < -0.39 is 21.5 Å². The third-order valence-corrected chi connectivity index (χ3v) is 12.1. The zero-order chi connectivity index (χ0) is 43.9. The predicted molar refractivity (Wildman–Crippen MR) is 236 cm³/mol. The van der Waals surface area contributed by atoms with Crippen LogP contribution in [0.1, 0.15) is 97.8 Å². The summed E-state index contributed by atoms with van der Waals surface area (Å²) in [6.45, 7) is 22.0. The number of ether oxygens (including phenoxy) is 5. The lowest BCUT2D eigenvalue weighted by atomic mass is 9.81. The van der Waals surface area contributed by atoms with Gasteiger partial charge >= 0.3 is 5.97 Å². The van der Waals surface area contributed by atoms with Gasteiger partial charge in [0, 0.05) is 72.5 Å². The van der Waals surface area contributed by atoms with E-state index in [-0.39, 0.29) is 22.3 Å². The summed E-state index contributed by atoms with van der Waals surface area (Å²) in [5.41, 5.74) is 6.85. The van der Waals surface area contributed by atoms with Crippen LogP contribution >= 0.6 is 0 Å². The van der Waals surface area contributed by atoms with Gasteiger partial charge in [-0.2, -0.15) is 13.0 Å². The van der Waals surface area contributed by atoms with Crippen LogP contribution in [0.15, 0.2) is 71.4 Å². The monoisotopic (exact) mass is 849 g/mol. The Morgan fingerprint density at radius 1 is 0.917 bits per heavy atom. The Morgan fingerprint density at radius 2 is 1.58 bits per heavy atom. The van der Waals surface area contributed by atoms with Crippen molar-refractivity contribution in [2.75, 3.05) is 71.3 Å². The predicted octanol–water partition coefficient (Wildman–Crippen LogP) is 8.61. The molecule has 5 rings (SSSR count). The van der Waals surface area contributed by atoms with Gasteiger partial charge in [-0.1, -0.05) is 39.0 Å². The van der Waals surface area contributed by atoms with Crippen molar-refractivity contribution in [2.45, 2.75) is 96.9 Å². The van der Waals surface area contributed by atoms with Gasteiger partial charge in [-0.05, 0) is 82.9 Å². The number of nitrogens with zero attached hydrogens (tertiary/aromatic N) is 2. The highest BCUT2D eigenvalue weighted by Crippen LogP contribution is 2.47. The molecule has 0 amide bonds. The Labute approximate surface area is 357 Å². The number of hydrogen-bond donors (Lipinski definition) is 2. The van der Waals surface area contributed by atoms with Gasteiger partial charge in [0.2, 0.25) is 5.69 Å². The topological polar surface area (TPSA) is 144 Å². The maximum atomic E-state index is 12.2. The molecule has 0 atom stereocenters. The molecule has 0 saturated carbocycles. The van der Waals surface area contributed by atoms with Crippen molar-refractivity contribution in [3.63, 3.8) is 0 Å². The van der Waals surface area contributed by atoms with Crippen molar-refractivity contribution >= 4 is 44.3 Å². The summed E-state index contributed by atoms with van der Waals surface area (Å²) in [5, 5.41) is 9.15. The molecule has 0 aliphatic carbocycles. The molecule has 3 aliphatic heterocycles. The summed E-state index contributed by atoms with van der Waals surface area (Å²) in [4.78, 5) is 13.4. The number of hydrogen-bond acceptors (Lipinski definition) is 9. The second-order valence-electron chi connectivity index (χ2n) is 17.7. The first-order valence-corrected chi connectivity index (χ1v) is 22.3. The van der Waals surface area contributed by atoms with E-state index in [1.54, 1.807) is 19.2 Å². The van der Waals surface area contributed by atoms with Gasteiger partial charge in [-0.3, -0.25) is 9.35 Å². The van der Waals surface area contributed by atoms with Gasteiger partial charge in [-0.15, -0.1) is 0 Å². The fraction of sp³-hybridized carbons (Fsp3) is 0.532. The minimum absolute atomic E-state index is 0.116. The first-order valence-electron chi connectivity index (χ1n) is 20.9. The molecule has 0 aromatic heterocycles. The molecular formula is C47H65N2O10S+. The van der Waals surface area contributed by atoms with E-state index in [1.807, 2.05) is 19.9 Å². The molecule has 2 aromatic rings. The molecule has 0 saturated heterocycles. The van der Waals surface area contributed by atoms with Gasteiger partial charge in [0.05, 0.1) is 62.1 Å². The first-order chi connectivity index (χ1) is 28.3. The summed E-state index contributed by atoms with van der Waals surface area (Å²) < 4.78 is 65.3. The van der Waals surface area contributed by atoms with Crippen LogP contribution in [-0.4, -0.2) is 106 Å². The summed E-state index contributed by atoms with van der Waals surface area (Å²) in [5.74, 6) is 0.812. The average Bonchev–Trinajstić information content (AvgIpc) is 3.37. The zero-order valence-electron chi connectivity index (χ0n) is 36.9. The number of anilines is 1. The van der Waals surface area contributed by atoms with Crippen LogP contribution in [0.3, 0.4) is 0 Å². The van der Waals surface area contributed by atoms with E-state index in [0.717, 1.165) is 63.7 Å². The maximum Gasteiger partial charge on any atom is 0.303 e. The minimum atomic E-state index is -4.41. The number of allylic oxidation sites excluding steroid dienone is 7. The third-order valence-electron chi connectivity index (χ3n) is 11.2. The lowest BCUT2D eigenvalue weighted by Crippen LogP contribution is -2.47. The Morgan fingerprint density at radius 3 is 2.22 bits per heavy atom. The molecule has 13 heteroatoms. The van der Waals surface area contributed by atoms with Gasteiger partial charge < -0.3 is 33.7 Å². The van der Waals surface area contributed by atoms with Crippen molar-refractivity contribution in [1.29, 1.82) is 0 Å². The molecule has 12 nitrogen and oxygen atoms in total. The van der Waals surface area contributed by atoms with E-state index in [9.17, 15) is 17.8 Å². The van der Waals surface area contributed by atoms with E-state index in [1.165, 1.54) is 11.6 Å². The highest BCUT2D eigenvalue weighted by atomic mass is 32.2. The summed E-state index contributed by atoms with van der Waals surface area (Å²) in [7, 11) is -2.76. The second-order valence-corrected chi connectivity index (χ2v) is 19.1. The van der Waals surface area contributed by atoms with Crippen LogP contribution < -0.4 is 9.64 Å². The Balaban J connectivity index is 1.43. The number of carboxylic acid groups (broad SMARTS) is 1. The third kappa shape index (κ3) is 11.4. The number of methoxy groups -OCH3 is 1. The normalized spacial score (nSPS) is 17.7. The molecule has 328 valence electrons. The van der Waals surface area contributed by atoms with Gasteiger partial charge in [0.1, 0.15) is 18.1 Å². The fourth-order valence-electron chi connectivity index (χ4n) is 8.06. The highest BCUT2D eigenvalue weighted by molar-refractivity contribution is 7.85. The molecule has 0 bridgehead atoms. The minimum Gasteiger partial charge on any atom is -0.481 e. The Hall–Kier alpha value is -4.11. The molecule has 2 aromatic carbocycles. The van der Waals surface area contributed by atoms with Gasteiger partial charge in [-0.25, -0.2) is 0 Å². The van der Waals surface area contributed by atoms with Crippen LogP contribution in [-0.2, 0) is 39.3 Å². The molecule has 0 spiro atoms. The van der Waals surface area contributed by atoms with Crippen molar-refractivity contribution in [1.82, 2.24) is 0 Å². The zero-order valence-corrected chi connectivity index (χ0v) is 37.7. The van der Waals surface area contributed by atoms with Crippen LogP contribution in [0.2, 0.25) is 0 Å². The lowest BCUT2D eigenvalue weighted by Gasteiger charge is -2.44. The highest BCUT2D eigenvalue weighted by Gasteiger charge is 2.45. The molecule has 0 fully saturated rings. The van der Waals surface area contributed by atoms with E-state index in [0.29, 0.717) is 65.8 Å². The molecule has 0 radical (unpaired) electrons. The fourth-order valence-corrected chi connectivity index (χ4v) is 8.57. The Kier molecular flexibility index (Phi) is 15.4. The van der Waals surface area contributed by atoms with E-state index in [4.69, 9.17) is 28.8 Å². The van der Waals surface area contributed by atoms with Crippen LogP contribution in [0.5, 0.6) is 5.75 Å². The molecule has 2 N–H and O–H groups in total. The molecule has 60 heavy (non-hydrogen) atoms. The van der Waals surface area contributed by atoms with Crippen LogP contribution in [0, 0.1) is 5.41 Å². The standard InChI is InChI=1S/C47H64N2O10S/c1-33-32-46(5,6)49(20-21-56-24-25-58-27-26-57-23-22-55-9)40-31-41-37(30-36(33)40)34(28-43(59-41)45(2,3)4)14-13-15-42-47(7,8)38-29-35(60(52,53)54)17-18-39(38)48(42)19-12-10-11-16-44(50)51/h13-15,17-18,28-32H,10-12,16,19-27H2,1-9H3,(H-,50,51,52,53,54)/p+1. The summed E-state index contributed by atoms with van der Waals surface area (Å²) in [6.07, 6.45) is 12.8. The molecule has 0 unspecified atom stereocenters. The van der Waals surface area contributed by atoms with E-state index >= 15 is 0 Å². The number of rotatable bonds is 21. The average molecular weight is 850 g/mol. The van der Waals surface area contributed by atoms with Gasteiger partial charge in [0.15, 0.2) is 5.71 Å². The van der Waals surface area contributed by atoms with Gasteiger partial charge in [0.25, 0.3) is 10.1 Å². The number of carboxylic acids is 1. The van der Waals surface area contributed by atoms with Crippen molar-refractivity contribution in [3.05, 3.63) is 83.2 Å². The summed E-state index contributed by atoms with van der Waals surface area (Å²) >= 11 is 0. The number of carbonyl (C=O) groups is 1. The smallest absolute Gasteiger partial charge is 0.303 e. The number of benzene rings is 2. The van der Waals surface area contributed by atoms with Crippen LogP contribution in [0.25, 0.3) is 11.1 Å². The lowest BCUT2D eigenvalue weighted by molar-refractivity contribution is -0.438. The molecular weight excluding hydrogens is 785 g/mol. The SMILES string of the molecule is COCCOCCOCCOCCN1c2cc3c(cc2C(C)=CC1(C)C)C(=CC=CC1=[N+](CCCCCC(=O)O)c2ccc(S(=O)(=O)O)cc2C1(C)C)C=C(C(C)(C)C)O3. The van der Waals surface area contributed by atoms with E-state index in [2.05, 4.69) is 87.5 Å². The molecule has 3 heterocycles. The van der Waals surface area contributed by atoms with Crippen molar-refractivity contribution < 1.29 is 51.1 Å². The number of aliphatic carboxylic acids is 1. The largest absolute Gasteiger partial charge is 0.481 e. The number of fused-ring (bicyclic) bond motifs is 3. The first kappa shape index (κ1) is 46.9. The van der Waals surface area contributed by atoms with Crippen LogP contribution in [0.4, 0.5) is 11.4 Å². The maximum absolute atomic E-state index is 12.2. The number of unbranched alkanes of at least 4 members (excludes halogenated alkanes) is 2. The van der Waals surface area contributed by atoms with Crippen molar-refractivity contribution in [3.8, 4) is 5.75 Å². The summed E-state index contributed by atoms with van der Waals surface area (Å²) in [6, 6.07) is 9.12. The molecule has 3 aliphatic rings.